The average Bonchev–Trinajstić information content (AvgIpc) is 3.00. The highest BCUT2D eigenvalue weighted by molar-refractivity contribution is 7.85. The van der Waals surface area contributed by atoms with Gasteiger partial charge in [0, 0.05) is 19.8 Å². The third-order valence-corrected chi connectivity index (χ3v) is 9.58. The highest BCUT2D eigenvalue weighted by Gasteiger charge is 2.57. The van der Waals surface area contributed by atoms with Crippen molar-refractivity contribution < 1.29 is 31.7 Å². The van der Waals surface area contributed by atoms with Crippen LogP contribution in [-0.4, -0.2) is 45.9 Å². The molecule has 0 radical (unpaired) electrons. The minimum atomic E-state index is -3.60. The lowest BCUT2D eigenvalue weighted by molar-refractivity contribution is -0.158. The van der Waals surface area contributed by atoms with Gasteiger partial charge in [0.25, 0.3) is 10.1 Å². The summed E-state index contributed by atoms with van der Waals surface area (Å²) in [4.78, 5) is 23.3. The van der Waals surface area contributed by atoms with Crippen molar-refractivity contribution in [3.8, 4) is 0 Å². The van der Waals surface area contributed by atoms with E-state index in [4.69, 9.17) is 13.7 Å². The molecule has 3 aliphatic rings. The molecule has 33 heavy (non-hydrogen) atoms. The summed E-state index contributed by atoms with van der Waals surface area (Å²) in [5, 5.41) is 0. The first-order valence-corrected chi connectivity index (χ1v) is 13.9. The van der Waals surface area contributed by atoms with Gasteiger partial charge in [0.15, 0.2) is 0 Å². The number of carbonyl (C=O) groups excluding carboxylic acids is 2. The molecule has 0 amide bonds. The van der Waals surface area contributed by atoms with E-state index in [1.807, 2.05) is 0 Å². The second-order valence-electron chi connectivity index (χ2n) is 11.0. The van der Waals surface area contributed by atoms with Crippen LogP contribution in [0.1, 0.15) is 72.6 Å². The van der Waals surface area contributed by atoms with E-state index in [1.54, 1.807) is 0 Å². The number of carbonyl (C=O) groups is 2. The van der Waals surface area contributed by atoms with Crippen LogP contribution in [0.5, 0.6) is 0 Å². The molecule has 0 spiro atoms. The molecular formula is C25H40O7S. The standard InChI is InChI=1S/C25H40O7S/c1-16-7-8-22-21(15-30-17(2)26)23(10-12-24(16,22)4)25(5)11-9-20(32-18(3)27)13-19(25)14-31-33(6,28)29/h19-23H,1,7-15H2,2-6H3/t19-,20+,21+,22?,23?,24-,25+/m1/s1. The maximum atomic E-state index is 11.8. The van der Waals surface area contributed by atoms with E-state index in [1.165, 1.54) is 19.4 Å². The molecule has 0 heterocycles. The molecule has 2 unspecified atom stereocenters. The Morgan fingerprint density at radius 2 is 1.73 bits per heavy atom. The maximum absolute atomic E-state index is 11.8. The Morgan fingerprint density at radius 3 is 2.33 bits per heavy atom. The summed E-state index contributed by atoms with van der Waals surface area (Å²) >= 11 is 0. The normalized spacial score (nSPS) is 39.1. The molecular weight excluding hydrogens is 444 g/mol. The molecule has 0 aromatic heterocycles. The van der Waals surface area contributed by atoms with Gasteiger partial charge in [-0.05, 0) is 73.5 Å². The largest absolute Gasteiger partial charge is 0.466 e. The maximum Gasteiger partial charge on any atom is 0.302 e. The molecule has 0 bridgehead atoms. The molecule has 188 valence electrons. The summed E-state index contributed by atoms with van der Waals surface area (Å²) in [7, 11) is -3.60. The molecule has 0 aliphatic heterocycles. The van der Waals surface area contributed by atoms with E-state index < -0.39 is 10.1 Å². The van der Waals surface area contributed by atoms with E-state index >= 15 is 0 Å². The SMILES string of the molecule is C=C1CCC2[C@H](COC(C)=O)C([C@@]3(C)CC[C@H](OC(C)=O)C[C@@H]3COS(C)(=O)=O)CC[C@]12C. The summed E-state index contributed by atoms with van der Waals surface area (Å²) < 4.78 is 40.0. The summed E-state index contributed by atoms with van der Waals surface area (Å²) in [5.41, 5.74) is 1.11. The number of hydrogen-bond donors (Lipinski definition) is 0. The van der Waals surface area contributed by atoms with Crippen molar-refractivity contribution in [1.82, 2.24) is 0 Å². The Morgan fingerprint density at radius 1 is 1.03 bits per heavy atom. The van der Waals surface area contributed by atoms with Crippen molar-refractivity contribution in [2.45, 2.75) is 78.7 Å². The Hall–Kier alpha value is -1.41. The van der Waals surface area contributed by atoms with Gasteiger partial charge >= 0.3 is 11.9 Å². The summed E-state index contributed by atoms with van der Waals surface area (Å²) in [6.07, 6.45) is 6.95. The van der Waals surface area contributed by atoms with Crippen molar-refractivity contribution in [2.75, 3.05) is 19.5 Å². The van der Waals surface area contributed by atoms with Crippen LogP contribution in [0.4, 0.5) is 0 Å². The van der Waals surface area contributed by atoms with Gasteiger partial charge in [-0.25, -0.2) is 0 Å². The van der Waals surface area contributed by atoms with Gasteiger partial charge in [0.1, 0.15) is 6.10 Å². The van der Waals surface area contributed by atoms with Crippen LogP contribution in [-0.2, 0) is 33.4 Å². The molecule has 8 heteroatoms. The topological polar surface area (TPSA) is 96.0 Å². The molecule has 0 saturated heterocycles. The van der Waals surface area contributed by atoms with Gasteiger partial charge in [0.05, 0.1) is 19.5 Å². The van der Waals surface area contributed by atoms with Crippen LogP contribution < -0.4 is 0 Å². The average molecular weight is 485 g/mol. The minimum absolute atomic E-state index is 0.0470. The Bertz CT molecular complexity index is 881. The van der Waals surface area contributed by atoms with Crippen LogP contribution in [0.2, 0.25) is 0 Å². The summed E-state index contributed by atoms with van der Waals surface area (Å²) in [5.74, 6) is 0.0948. The van der Waals surface area contributed by atoms with Gasteiger partial charge in [-0.15, -0.1) is 0 Å². The Kier molecular flexibility index (Phi) is 7.69. The van der Waals surface area contributed by atoms with Crippen LogP contribution >= 0.6 is 0 Å². The number of ether oxygens (including phenoxy) is 2. The molecule has 7 nitrogen and oxygen atoms in total. The van der Waals surface area contributed by atoms with Crippen molar-refractivity contribution in [3.63, 3.8) is 0 Å². The second-order valence-corrected chi connectivity index (χ2v) is 12.6. The molecule has 0 N–H and O–H groups in total. The van der Waals surface area contributed by atoms with Gasteiger partial charge < -0.3 is 9.47 Å². The molecule has 0 aromatic rings. The van der Waals surface area contributed by atoms with Crippen molar-refractivity contribution in [3.05, 3.63) is 12.2 Å². The van der Waals surface area contributed by atoms with Crippen LogP contribution in [0, 0.1) is 34.5 Å². The molecule has 3 rings (SSSR count). The zero-order valence-corrected chi connectivity index (χ0v) is 21.5. The fourth-order valence-corrected chi connectivity index (χ4v) is 7.55. The first-order chi connectivity index (χ1) is 15.3. The lowest BCUT2D eigenvalue weighted by Crippen LogP contribution is -2.52. The zero-order valence-electron chi connectivity index (χ0n) is 20.7. The fraction of sp³-hybridized carbons (Fsp3) is 0.840. The van der Waals surface area contributed by atoms with Gasteiger partial charge in [-0.1, -0.05) is 26.0 Å². The van der Waals surface area contributed by atoms with E-state index in [0.29, 0.717) is 18.9 Å². The van der Waals surface area contributed by atoms with Crippen molar-refractivity contribution in [2.24, 2.45) is 34.5 Å². The predicted octanol–water partition coefficient (Wildman–Crippen LogP) is 4.26. The number of hydrogen-bond acceptors (Lipinski definition) is 7. The van der Waals surface area contributed by atoms with Crippen LogP contribution in [0.25, 0.3) is 0 Å². The quantitative estimate of drug-likeness (QED) is 0.303. The third kappa shape index (κ3) is 5.64. The van der Waals surface area contributed by atoms with Crippen LogP contribution in [0.3, 0.4) is 0 Å². The molecule has 7 atom stereocenters. The first-order valence-electron chi connectivity index (χ1n) is 12.1. The smallest absolute Gasteiger partial charge is 0.302 e. The monoisotopic (exact) mass is 484 g/mol. The lowest BCUT2D eigenvalue weighted by Gasteiger charge is -2.56. The van der Waals surface area contributed by atoms with E-state index in [9.17, 15) is 18.0 Å². The molecule has 3 saturated carbocycles. The first kappa shape index (κ1) is 26.2. The van der Waals surface area contributed by atoms with Gasteiger partial charge in [-0.2, -0.15) is 8.42 Å². The number of allylic oxidation sites excluding steroid dienone is 1. The third-order valence-electron chi connectivity index (χ3n) is 9.02. The summed E-state index contributed by atoms with van der Waals surface area (Å²) in [6.45, 7) is 12.2. The fourth-order valence-electron chi connectivity index (χ4n) is 7.13. The van der Waals surface area contributed by atoms with Crippen molar-refractivity contribution in [1.29, 1.82) is 0 Å². The van der Waals surface area contributed by atoms with Gasteiger partial charge in [0.2, 0.25) is 0 Å². The number of rotatable bonds is 7. The molecule has 0 aromatic carbocycles. The minimum Gasteiger partial charge on any atom is -0.466 e. The van der Waals surface area contributed by atoms with E-state index in [2.05, 4.69) is 20.4 Å². The second kappa shape index (κ2) is 9.68. The van der Waals surface area contributed by atoms with E-state index in [-0.39, 0.29) is 53.2 Å². The predicted molar refractivity (Wildman–Crippen MR) is 125 cm³/mol. The Labute approximate surface area is 198 Å². The van der Waals surface area contributed by atoms with Crippen molar-refractivity contribution >= 4 is 22.1 Å². The number of esters is 2. The number of fused-ring (bicyclic) bond motifs is 1. The van der Waals surface area contributed by atoms with E-state index in [0.717, 1.165) is 44.8 Å². The zero-order chi connectivity index (χ0) is 24.6. The Balaban J connectivity index is 1.92. The molecule has 3 fully saturated rings. The summed E-state index contributed by atoms with van der Waals surface area (Å²) in [6, 6.07) is 0. The van der Waals surface area contributed by atoms with Gasteiger partial charge in [-0.3, -0.25) is 13.8 Å². The molecule has 3 aliphatic carbocycles. The lowest BCUT2D eigenvalue weighted by atomic mass is 9.49. The highest BCUT2D eigenvalue weighted by atomic mass is 32.2. The highest BCUT2D eigenvalue weighted by Crippen LogP contribution is 2.63. The van der Waals surface area contributed by atoms with Crippen LogP contribution in [0.15, 0.2) is 12.2 Å².